The number of carbonyl (C=O) groups is 1. The number of para-hydroxylation sites is 1. The van der Waals surface area contributed by atoms with Crippen molar-refractivity contribution in [1.29, 1.82) is 0 Å². The minimum absolute atomic E-state index is 0.297. The van der Waals surface area contributed by atoms with Crippen LogP contribution in [-0.4, -0.2) is 70.9 Å². The highest BCUT2D eigenvalue weighted by Crippen LogP contribution is 2.28. The monoisotopic (exact) mass is 440 g/mol. The van der Waals surface area contributed by atoms with E-state index in [2.05, 4.69) is 62.1 Å². The molecule has 2 aromatic carbocycles. The van der Waals surface area contributed by atoms with Gasteiger partial charge in [0.1, 0.15) is 0 Å². The molecule has 0 atom stereocenters. The summed E-state index contributed by atoms with van der Waals surface area (Å²) in [5.41, 5.74) is 6.17. The second-order valence-corrected chi connectivity index (χ2v) is 9.86. The third-order valence-electron chi connectivity index (χ3n) is 7.84. The Bertz CT molecular complexity index is 1160. The second kappa shape index (κ2) is 8.88. The van der Waals surface area contributed by atoms with E-state index in [9.17, 15) is 4.79 Å². The predicted molar refractivity (Wildman–Crippen MR) is 132 cm³/mol. The zero-order valence-corrected chi connectivity index (χ0v) is 19.2. The number of aromatic nitrogens is 1. The number of nitrogens with zero attached hydrogens (tertiary/aromatic N) is 4. The zero-order valence-electron chi connectivity index (χ0n) is 19.2. The number of pyridine rings is 1. The molecule has 0 bridgehead atoms. The highest BCUT2D eigenvalue weighted by molar-refractivity contribution is 5.83. The molecule has 1 aromatic heterocycles. The fourth-order valence-corrected chi connectivity index (χ4v) is 5.53. The van der Waals surface area contributed by atoms with Crippen molar-refractivity contribution in [1.82, 2.24) is 19.7 Å². The lowest BCUT2D eigenvalue weighted by molar-refractivity contribution is -0.135. The summed E-state index contributed by atoms with van der Waals surface area (Å²) in [5.74, 6) is 0.297. The first-order valence-corrected chi connectivity index (χ1v) is 12.4. The maximum Gasteiger partial charge on any atom is 0.236 e. The van der Waals surface area contributed by atoms with Gasteiger partial charge in [-0.1, -0.05) is 42.8 Å². The SMILES string of the molecule is O=C(CN1CCc2cc(-c3cnc4ccccc4c3)ccc2C1)N1CCN(C2CCC2)CC1. The van der Waals surface area contributed by atoms with Gasteiger partial charge in [0.15, 0.2) is 0 Å². The lowest BCUT2D eigenvalue weighted by Gasteiger charge is -2.43. The Hall–Kier alpha value is -2.76. The molecule has 0 radical (unpaired) electrons. The molecule has 3 heterocycles. The standard InChI is InChI=1S/C28H32N4O/c33-28(32-14-12-31(13-15-32)26-5-3-6-26)20-30-11-10-22-16-21(8-9-24(22)19-30)25-17-23-4-1-2-7-27(23)29-18-25/h1-2,4,7-9,16-18,26H,3,5-6,10-15,19-20H2. The van der Waals surface area contributed by atoms with Crippen LogP contribution in [0.4, 0.5) is 0 Å². The Morgan fingerprint density at radius 1 is 0.909 bits per heavy atom. The summed E-state index contributed by atoms with van der Waals surface area (Å²) in [5, 5.41) is 1.17. The number of hydrogen-bond acceptors (Lipinski definition) is 4. The van der Waals surface area contributed by atoms with E-state index in [1.54, 1.807) is 0 Å². The van der Waals surface area contributed by atoms with Crippen molar-refractivity contribution in [2.24, 2.45) is 0 Å². The van der Waals surface area contributed by atoms with Gasteiger partial charge in [0, 0.05) is 62.5 Å². The second-order valence-electron chi connectivity index (χ2n) is 9.86. The van der Waals surface area contributed by atoms with Crippen LogP contribution in [0.15, 0.2) is 54.7 Å². The molecule has 0 unspecified atom stereocenters. The molecule has 1 amide bonds. The first-order valence-electron chi connectivity index (χ1n) is 12.4. The predicted octanol–water partition coefficient (Wildman–Crippen LogP) is 3.96. The third-order valence-corrected chi connectivity index (χ3v) is 7.84. The number of carbonyl (C=O) groups excluding carboxylic acids is 1. The molecule has 0 spiro atoms. The zero-order chi connectivity index (χ0) is 22.2. The van der Waals surface area contributed by atoms with Crippen molar-refractivity contribution in [2.75, 3.05) is 39.3 Å². The van der Waals surface area contributed by atoms with Gasteiger partial charge in [-0.25, -0.2) is 0 Å². The molecule has 6 rings (SSSR count). The smallest absolute Gasteiger partial charge is 0.236 e. The lowest BCUT2D eigenvalue weighted by atomic mass is 9.91. The highest BCUT2D eigenvalue weighted by Gasteiger charge is 2.30. The Labute approximate surface area is 196 Å². The van der Waals surface area contributed by atoms with Gasteiger partial charge in [0.25, 0.3) is 0 Å². The van der Waals surface area contributed by atoms with Crippen LogP contribution in [0, 0.1) is 0 Å². The van der Waals surface area contributed by atoms with E-state index in [1.807, 2.05) is 12.3 Å². The summed E-state index contributed by atoms with van der Waals surface area (Å²) in [6.07, 6.45) is 7.04. The molecule has 2 aliphatic heterocycles. The maximum atomic E-state index is 12.9. The van der Waals surface area contributed by atoms with Crippen molar-refractivity contribution in [2.45, 2.75) is 38.3 Å². The van der Waals surface area contributed by atoms with Gasteiger partial charge in [-0.05, 0) is 48.1 Å². The topological polar surface area (TPSA) is 39.7 Å². The third kappa shape index (κ3) is 4.28. The van der Waals surface area contributed by atoms with Gasteiger partial charge in [0.2, 0.25) is 5.91 Å². The van der Waals surface area contributed by atoms with E-state index in [0.717, 1.165) is 62.8 Å². The molecule has 2 fully saturated rings. The molecule has 1 aliphatic carbocycles. The normalized spacial score (nSPS) is 19.9. The van der Waals surface area contributed by atoms with E-state index in [0.29, 0.717) is 12.5 Å². The summed E-state index contributed by atoms with van der Waals surface area (Å²) in [6.45, 7) is 6.22. The minimum Gasteiger partial charge on any atom is -0.339 e. The largest absolute Gasteiger partial charge is 0.339 e. The molecule has 1 saturated heterocycles. The van der Waals surface area contributed by atoms with E-state index < -0.39 is 0 Å². The van der Waals surface area contributed by atoms with Crippen molar-refractivity contribution in [3.63, 3.8) is 0 Å². The summed E-state index contributed by atoms with van der Waals surface area (Å²) < 4.78 is 0. The summed E-state index contributed by atoms with van der Waals surface area (Å²) in [7, 11) is 0. The van der Waals surface area contributed by atoms with Crippen LogP contribution >= 0.6 is 0 Å². The Kier molecular flexibility index (Phi) is 5.60. The van der Waals surface area contributed by atoms with Crippen LogP contribution in [0.5, 0.6) is 0 Å². The quantitative estimate of drug-likeness (QED) is 0.616. The molecule has 5 nitrogen and oxygen atoms in total. The van der Waals surface area contributed by atoms with Crippen LogP contribution < -0.4 is 0 Å². The fourth-order valence-electron chi connectivity index (χ4n) is 5.53. The van der Waals surface area contributed by atoms with Crippen LogP contribution in [-0.2, 0) is 17.8 Å². The molecule has 33 heavy (non-hydrogen) atoms. The van der Waals surface area contributed by atoms with Crippen LogP contribution in [0.25, 0.3) is 22.0 Å². The molecular weight excluding hydrogens is 408 g/mol. The average Bonchev–Trinajstić information content (AvgIpc) is 2.83. The van der Waals surface area contributed by atoms with Crippen molar-refractivity contribution < 1.29 is 4.79 Å². The van der Waals surface area contributed by atoms with Crippen LogP contribution in [0.3, 0.4) is 0 Å². The molecule has 1 saturated carbocycles. The number of amides is 1. The van der Waals surface area contributed by atoms with Gasteiger partial charge in [-0.2, -0.15) is 0 Å². The van der Waals surface area contributed by atoms with Gasteiger partial charge < -0.3 is 4.90 Å². The average molecular weight is 441 g/mol. The first-order chi connectivity index (χ1) is 16.2. The maximum absolute atomic E-state index is 12.9. The summed E-state index contributed by atoms with van der Waals surface area (Å²) in [4.78, 5) is 24.6. The number of fused-ring (bicyclic) bond motifs is 2. The first kappa shape index (κ1) is 20.8. The Balaban J connectivity index is 1.08. The van der Waals surface area contributed by atoms with Crippen LogP contribution in [0.1, 0.15) is 30.4 Å². The van der Waals surface area contributed by atoms with Crippen molar-refractivity contribution in [3.8, 4) is 11.1 Å². The molecule has 5 heteroatoms. The lowest BCUT2D eigenvalue weighted by Crippen LogP contribution is -2.55. The van der Waals surface area contributed by atoms with Crippen molar-refractivity contribution >= 4 is 16.8 Å². The van der Waals surface area contributed by atoms with Gasteiger partial charge in [-0.15, -0.1) is 0 Å². The van der Waals surface area contributed by atoms with Crippen molar-refractivity contribution in [3.05, 3.63) is 65.9 Å². The Morgan fingerprint density at radius 3 is 2.58 bits per heavy atom. The molecule has 3 aliphatic rings. The number of hydrogen-bond donors (Lipinski definition) is 0. The molecule has 170 valence electrons. The van der Waals surface area contributed by atoms with E-state index >= 15 is 0 Å². The fraction of sp³-hybridized carbons (Fsp3) is 0.429. The van der Waals surface area contributed by atoms with E-state index in [-0.39, 0.29) is 0 Å². The molecule has 3 aromatic rings. The number of benzene rings is 2. The van der Waals surface area contributed by atoms with Gasteiger partial charge in [-0.3, -0.25) is 19.6 Å². The Morgan fingerprint density at radius 2 is 1.76 bits per heavy atom. The van der Waals surface area contributed by atoms with Gasteiger partial charge in [0.05, 0.1) is 12.1 Å². The number of rotatable bonds is 4. The highest BCUT2D eigenvalue weighted by atomic mass is 16.2. The minimum atomic E-state index is 0.297. The summed E-state index contributed by atoms with van der Waals surface area (Å²) in [6, 6.07) is 18.0. The van der Waals surface area contributed by atoms with Crippen LogP contribution in [0.2, 0.25) is 0 Å². The number of piperazine rings is 1. The molecular formula is C28H32N4O. The van der Waals surface area contributed by atoms with Gasteiger partial charge >= 0.3 is 0 Å². The van der Waals surface area contributed by atoms with E-state index in [4.69, 9.17) is 0 Å². The molecule has 0 N–H and O–H groups in total. The summed E-state index contributed by atoms with van der Waals surface area (Å²) >= 11 is 0. The van der Waals surface area contributed by atoms with E-state index in [1.165, 1.54) is 41.3 Å².